The Labute approximate surface area is 574 Å². The molecule has 0 radical (unpaired) electrons. The number of carbonyl (C=O) groups excluding carboxylic acids is 1. The van der Waals surface area contributed by atoms with Crippen molar-refractivity contribution in [1.82, 2.24) is 5.32 Å². The molecule has 0 bridgehead atoms. The first-order valence-electron chi connectivity index (χ1n) is 39.6. The van der Waals surface area contributed by atoms with Crippen molar-refractivity contribution >= 4 is 5.91 Å². The first-order valence-corrected chi connectivity index (χ1v) is 39.6. The van der Waals surface area contributed by atoms with Gasteiger partial charge < -0.3 is 40.3 Å². The summed E-state index contributed by atoms with van der Waals surface area (Å²) in [4.78, 5) is 13.2. The molecule has 0 saturated carbocycles. The van der Waals surface area contributed by atoms with Gasteiger partial charge in [-0.25, -0.2) is 0 Å². The fourth-order valence-electron chi connectivity index (χ4n) is 12.2. The van der Waals surface area contributed by atoms with E-state index in [1.54, 1.807) is 6.08 Å². The topological polar surface area (TPSA) is 149 Å². The maximum Gasteiger partial charge on any atom is 0.220 e. The molecule has 1 amide bonds. The number of carbonyl (C=O) groups is 1. The molecule has 0 spiro atoms. The summed E-state index contributed by atoms with van der Waals surface area (Å²) >= 11 is 0. The maximum atomic E-state index is 13.2. The van der Waals surface area contributed by atoms with E-state index in [1.807, 2.05) is 6.08 Å². The molecule has 1 saturated heterocycles. The highest BCUT2D eigenvalue weighted by molar-refractivity contribution is 5.76. The van der Waals surface area contributed by atoms with E-state index in [9.17, 15) is 30.3 Å². The maximum absolute atomic E-state index is 13.2. The molecule has 0 aliphatic carbocycles. The van der Waals surface area contributed by atoms with Crippen molar-refractivity contribution in [1.29, 1.82) is 0 Å². The summed E-state index contributed by atoms with van der Waals surface area (Å²) in [5.74, 6) is -0.176. The first kappa shape index (κ1) is 87.9. The van der Waals surface area contributed by atoms with Gasteiger partial charge >= 0.3 is 0 Å². The van der Waals surface area contributed by atoms with Crippen molar-refractivity contribution in [2.45, 2.75) is 403 Å². The Balaban J connectivity index is 2.10. The Morgan fingerprint density at radius 3 is 0.989 bits per heavy atom. The van der Waals surface area contributed by atoms with E-state index >= 15 is 0 Å². The van der Waals surface area contributed by atoms with Gasteiger partial charge in [-0.05, 0) is 83.5 Å². The highest BCUT2D eigenvalue weighted by Crippen LogP contribution is 2.24. The molecule has 9 nitrogen and oxygen atoms in total. The van der Waals surface area contributed by atoms with Crippen molar-refractivity contribution in [3.63, 3.8) is 0 Å². The number of hydrogen-bond acceptors (Lipinski definition) is 8. The lowest BCUT2D eigenvalue weighted by Crippen LogP contribution is -2.60. The van der Waals surface area contributed by atoms with Crippen LogP contribution in [0.25, 0.3) is 0 Å². The molecule has 0 aromatic carbocycles. The first-order chi connectivity index (χ1) is 45.8. The third-order valence-corrected chi connectivity index (χ3v) is 18.4. The summed E-state index contributed by atoms with van der Waals surface area (Å²) in [7, 11) is 0. The smallest absolute Gasteiger partial charge is 0.220 e. The van der Waals surface area contributed by atoms with Crippen LogP contribution in [0.15, 0.2) is 109 Å². The standard InChI is InChI=1S/C84H149NO8/c1-3-5-7-9-11-13-15-17-19-21-23-25-27-29-31-33-35-36-37-38-39-40-41-42-44-46-48-50-52-54-56-58-60-62-64-66-68-70-72-74-80(88)85-77(76-92-84-83(91)82(90)81(89)79(75-86)93-84)78(87)73-71-69-67-65-63-61-59-57-55-53-51-49-47-45-43-34-32-30-28-26-24-22-20-18-16-14-12-10-8-6-4-2/h5,7,11,13,17,19,23,25,29,31,35-36,38-39,41-42,71,73,77-79,81-84,86-87,89-91H,3-4,6,8-10,12,14-16,18,20-22,24,26-28,30,32-34,37,40,43-70,72,74-76H2,1-2H3,(H,85,88)/b7-5-,13-11-,19-17-,25-23-,31-29-,36-35-,39-38-,42-41-,73-71+. The van der Waals surface area contributed by atoms with Gasteiger partial charge in [-0.15, -0.1) is 0 Å². The third kappa shape index (κ3) is 59.8. The van der Waals surface area contributed by atoms with Crippen LogP contribution in [0.4, 0.5) is 0 Å². The molecule has 1 rings (SSSR count). The van der Waals surface area contributed by atoms with Crippen LogP contribution in [0.2, 0.25) is 0 Å². The van der Waals surface area contributed by atoms with Crippen LogP contribution in [0.3, 0.4) is 0 Å². The molecule has 1 fully saturated rings. The van der Waals surface area contributed by atoms with Crippen LogP contribution >= 0.6 is 0 Å². The normalized spacial score (nSPS) is 18.2. The minimum atomic E-state index is -1.57. The minimum absolute atomic E-state index is 0.176. The predicted octanol–water partition coefficient (Wildman–Crippen LogP) is 22.8. The van der Waals surface area contributed by atoms with Gasteiger partial charge in [-0.1, -0.05) is 380 Å². The molecule has 1 aliphatic rings. The number of aliphatic hydroxyl groups is 5. The molecule has 1 aliphatic heterocycles. The number of aliphatic hydroxyl groups excluding tert-OH is 5. The van der Waals surface area contributed by atoms with Gasteiger partial charge in [0.2, 0.25) is 5.91 Å². The van der Waals surface area contributed by atoms with Gasteiger partial charge in [0, 0.05) is 6.42 Å². The van der Waals surface area contributed by atoms with Gasteiger partial charge in [0.1, 0.15) is 24.4 Å². The Morgan fingerprint density at radius 1 is 0.376 bits per heavy atom. The molecule has 538 valence electrons. The number of unbranched alkanes of at least 4 members (excludes halogenated alkanes) is 43. The second-order valence-corrected chi connectivity index (χ2v) is 27.1. The second-order valence-electron chi connectivity index (χ2n) is 27.1. The molecule has 7 atom stereocenters. The fourth-order valence-corrected chi connectivity index (χ4v) is 12.2. The van der Waals surface area contributed by atoms with E-state index in [4.69, 9.17) is 9.47 Å². The SMILES string of the molecule is CC/C=C\C/C=C\C/C=C\C/C=C\C/C=C\C/C=C\C/C=C\C/C=C\CCCCCCCCCCCCCCCCC(=O)NC(COC1OC(CO)C(O)C(O)C1O)C(O)/C=C/CCCCCCCCCCCCCCCCCCCCCCCCCCCCCCC. The van der Waals surface area contributed by atoms with Crippen molar-refractivity contribution in [2.75, 3.05) is 13.2 Å². The summed E-state index contributed by atoms with van der Waals surface area (Å²) in [5.41, 5.74) is 0. The van der Waals surface area contributed by atoms with Crippen molar-refractivity contribution in [3.8, 4) is 0 Å². The highest BCUT2D eigenvalue weighted by atomic mass is 16.7. The van der Waals surface area contributed by atoms with E-state index in [0.717, 1.165) is 89.9 Å². The Kier molecular flexibility index (Phi) is 67.7. The van der Waals surface area contributed by atoms with Crippen LogP contribution in [-0.2, 0) is 14.3 Å². The van der Waals surface area contributed by atoms with Gasteiger partial charge in [0.15, 0.2) is 6.29 Å². The van der Waals surface area contributed by atoms with Gasteiger partial charge in [0.25, 0.3) is 0 Å². The van der Waals surface area contributed by atoms with Crippen LogP contribution in [-0.4, -0.2) is 87.5 Å². The van der Waals surface area contributed by atoms with E-state index in [2.05, 4.69) is 116 Å². The molecule has 93 heavy (non-hydrogen) atoms. The molecule has 6 N–H and O–H groups in total. The van der Waals surface area contributed by atoms with Crippen LogP contribution in [0, 0.1) is 0 Å². The van der Waals surface area contributed by atoms with E-state index in [1.165, 1.54) is 250 Å². The summed E-state index contributed by atoms with van der Waals surface area (Å²) in [6.07, 6.45) is 99.3. The summed E-state index contributed by atoms with van der Waals surface area (Å²) in [6.45, 7) is 3.71. The van der Waals surface area contributed by atoms with E-state index in [-0.39, 0.29) is 12.5 Å². The number of nitrogens with one attached hydrogen (secondary N) is 1. The number of rotatable bonds is 69. The van der Waals surface area contributed by atoms with Crippen LogP contribution in [0.1, 0.15) is 361 Å². The number of ether oxygens (including phenoxy) is 2. The van der Waals surface area contributed by atoms with Gasteiger partial charge in [-0.2, -0.15) is 0 Å². The molecule has 0 aromatic heterocycles. The van der Waals surface area contributed by atoms with Gasteiger partial charge in [-0.3, -0.25) is 4.79 Å². The Bertz CT molecular complexity index is 1850. The molecular formula is C84H149NO8. The molecular weight excluding hydrogens is 1150 g/mol. The largest absolute Gasteiger partial charge is 0.394 e. The lowest BCUT2D eigenvalue weighted by molar-refractivity contribution is -0.302. The molecule has 1 heterocycles. The van der Waals surface area contributed by atoms with Gasteiger partial charge in [0.05, 0.1) is 25.4 Å². The molecule has 9 heteroatoms. The Hall–Kier alpha value is -3.15. The number of hydrogen-bond donors (Lipinski definition) is 6. The minimum Gasteiger partial charge on any atom is -0.394 e. The van der Waals surface area contributed by atoms with Crippen LogP contribution < -0.4 is 5.32 Å². The average molecular weight is 1300 g/mol. The van der Waals surface area contributed by atoms with Crippen molar-refractivity contribution < 1.29 is 39.8 Å². The molecule has 7 unspecified atom stereocenters. The lowest BCUT2D eigenvalue weighted by Gasteiger charge is -2.40. The van der Waals surface area contributed by atoms with Crippen molar-refractivity contribution in [3.05, 3.63) is 109 Å². The molecule has 0 aromatic rings. The summed E-state index contributed by atoms with van der Waals surface area (Å²) in [6, 6.07) is -0.813. The van der Waals surface area contributed by atoms with E-state index in [0.29, 0.717) is 6.42 Å². The van der Waals surface area contributed by atoms with E-state index < -0.39 is 49.5 Å². The van der Waals surface area contributed by atoms with Crippen molar-refractivity contribution in [2.24, 2.45) is 0 Å². The highest BCUT2D eigenvalue weighted by Gasteiger charge is 2.44. The zero-order chi connectivity index (χ0) is 67.1. The summed E-state index contributed by atoms with van der Waals surface area (Å²) in [5, 5.41) is 54.9. The Morgan fingerprint density at radius 2 is 0.667 bits per heavy atom. The number of allylic oxidation sites excluding steroid dienone is 17. The zero-order valence-corrected chi connectivity index (χ0v) is 60.5. The van der Waals surface area contributed by atoms with Crippen LogP contribution in [0.5, 0.6) is 0 Å². The third-order valence-electron chi connectivity index (χ3n) is 18.4. The predicted molar refractivity (Wildman–Crippen MR) is 401 cm³/mol. The fraction of sp³-hybridized carbons (Fsp3) is 0.774. The zero-order valence-electron chi connectivity index (χ0n) is 60.5. The monoisotopic (exact) mass is 1300 g/mol. The summed E-state index contributed by atoms with van der Waals surface area (Å²) < 4.78 is 11.3. The lowest BCUT2D eigenvalue weighted by atomic mass is 9.99. The second kappa shape index (κ2) is 71.6. The average Bonchev–Trinajstić information content (AvgIpc) is 1.02. The number of amides is 1. The quantitative estimate of drug-likeness (QED) is 0.0261.